The van der Waals surface area contributed by atoms with Crippen LogP contribution in [0.1, 0.15) is 11.3 Å². The highest BCUT2D eigenvalue weighted by Gasteiger charge is 1.92. The van der Waals surface area contributed by atoms with Gasteiger partial charge in [-0.2, -0.15) is 0 Å². The van der Waals surface area contributed by atoms with Gasteiger partial charge in [-0.15, -0.1) is 0 Å². The van der Waals surface area contributed by atoms with Crippen molar-refractivity contribution in [3.63, 3.8) is 0 Å². The highest BCUT2D eigenvalue weighted by atomic mass is 14.9. The number of aromatic nitrogens is 2. The van der Waals surface area contributed by atoms with E-state index in [2.05, 4.69) is 95.8 Å². The van der Waals surface area contributed by atoms with E-state index < -0.39 is 0 Å². The molecule has 0 aliphatic heterocycles. The minimum atomic E-state index is 1.26. The Morgan fingerprint density at radius 2 is 1.40 bits per heavy atom. The van der Waals surface area contributed by atoms with E-state index in [0.29, 0.717) is 0 Å². The summed E-state index contributed by atoms with van der Waals surface area (Å²) in [5.74, 6) is 0. The molecule has 0 aliphatic rings. The van der Waals surface area contributed by atoms with Crippen LogP contribution in [0.5, 0.6) is 0 Å². The lowest BCUT2D eigenvalue weighted by Gasteiger charge is -1.97. The Morgan fingerprint density at radius 3 is 2.15 bits per heavy atom. The van der Waals surface area contributed by atoms with Crippen molar-refractivity contribution in [3.05, 3.63) is 84.4 Å². The molecular formula is C18H18N2. The van der Waals surface area contributed by atoms with Crippen molar-refractivity contribution >= 4 is 11.0 Å². The van der Waals surface area contributed by atoms with Crippen molar-refractivity contribution in [3.8, 4) is 0 Å². The summed E-state index contributed by atoms with van der Waals surface area (Å²) < 4.78 is 4.29. The molecular weight excluding hydrogens is 244 g/mol. The second-order valence-electron chi connectivity index (χ2n) is 4.96. The predicted molar refractivity (Wildman–Crippen MR) is 84.3 cm³/mol. The molecule has 0 radical (unpaired) electrons. The third-order valence-corrected chi connectivity index (χ3v) is 3.54. The number of nitrogens with zero attached hydrogens (tertiary/aromatic N) is 2. The van der Waals surface area contributed by atoms with Gasteiger partial charge in [0.15, 0.2) is 0 Å². The first-order valence-corrected chi connectivity index (χ1v) is 6.81. The number of pyridine rings is 2. The second kappa shape index (κ2) is 5.25. The van der Waals surface area contributed by atoms with Crippen molar-refractivity contribution in [2.45, 2.75) is 13.8 Å². The molecule has 4 aromatic heterocycles. The molecule has 20 heavy (non-hydrogen) atoms. The fourth-order valence-corrected chi connectivity index (χ4v) is 2.44. The van der Waals surface area contributed by atoms with E-state index in [1.807, 2.05) is 0 Å². The summed E-state index contributed by atoms with van der Waals surface area (Å²) in [5.41, 5.74) is 5.16. The summed E-state index contributed by atoms with van der Waals surface area (Å²) >= 11 is 0. The third-order valence-electron chi connectivity index (χ3n) is 3.54. The summed E-state index contributed by atoms with van der Waals surface area (Å²) in [6.45, 7) is 4.22. The molecule has 2 heteroatoms. The summed E-state index contributed by atoms with van der Waals surface area (Å²) in [6, 6.07) is 18.8. The van der Waals surface area contributed by atoms with Gasteiger partial charge in [-0.05, 0) is 61.9 Å². The maximum absolute atomic E-state index is 2.17. The van der Waals surface area contributed by atoms with Crippen LogP contribution in [-0.2, 0) is 0 Å². The Kier molecular flexibility index (Phi) is 3.30. The van der Waals surface area contributed by atoms with Gasteiger partial charge < -0.3 is 8.80 Å². The number of hydrogen-bond acceptors (Lipinski definition) is 0. The molecule has 0 bridgehead atoms. The summed E-state index contributed by atoms with van der Waals surface area (Å²) in [7, 11) is 0. The lowest BCUT2D eigenvalue weighted by atomic mass is 10.2. The van der Waals surface area contributed by atoms with E-state index in [0.717, 1.165) is 0 Å². The Hall–Kier alpha value is -2.48. The summed E-state index contributed by atoms with van der Waals surface area (Å²) in [5, 5.41) is 0. The average molecular weight is 262 g/mol. The van der Waals surface area contributed by atoms with E-state index in [4.69, 9.17) is 0 Å². The Balaban J connectivity index is 0.000000121. The molecule has 0 saturated heterocycles. The normalized spacial score (nSPS) is 10.5. The standard InChI is InChI=1S/2C9H9N/c1-8-4-2-6-10-7-3-5-9(8)10;1-8-4-2-5-9-6-3-7-10(8)9/h2*2-7H,1H3. The predicted octanol–water partition coefficient (Wildman–Crippen LogP) is 4.50. The van der Waals surface area contributed by atoms with E-state index in [1.165, 1.54) is 22.3 Å². The molecule has 4 heterocycles. The van der Waals surface area contributed by atoms with Crippen molar-refractivity contribution in [1.82, 2.24) is 8.80 Å². The van der Waals surface area contributed by atoms with Crippen LogP contribution in [0.15, 0.2) is 73.2 Å². The van der Waals surface area contributed by atoms with Gasteiger partial charge in [-0.25, -0.2) is 0 Å². The minimum absolute atomic E-state index is 1.26. The van der Waals surface area contributed by atoms with Gasteiger partial charge in [-0.1, -0.05) is 12.1 Å². The van der Waals surface area contributed by atoms with E-state index in [9.17, 15) is 0 Å². The van der Waals surface area contributed by atoms with Gasteiger partial charge in [0.2, 0.25) is 0 Å². The zero-order chi connectivity index (χ0) is 13.9. The van der Waals surface area contributed by atoms with Crippen molar-refractivity contribution < 1.29 is 0 Å². The Morgan fingerprint density at radius 1 is 0.700 bits per heavy atom. The lowest BCUT2D eigenvalue weighted by Crippen LogP contribution is -1.85. The molecule has 0 unspecified atom stereocenters. The van der Waals surface area contributed by atoms with Crippen LogP contribution in [0, 0.1) is 13.8 Å². The molecule has 0 spiro atoms. The molecule has 2 nitrogen and oxygen atoms in total. The first-order chi connectivity index (χ1) is 9.75. The van der Waals surface area contributed by atoms with Gasteiger partial charge in [0.05, 0.1) is 0 Å². The molecule has 0 amide bonds. The van der Waals surface area contributed by atoms with Crippen LogP contribution in [0.3, 0.4) is 0 Å². The van der Waals surface area contributed by atoms with Crippen molar-refractivity contribution in [1.29, 1.82) is 0 Å². The molecule has 100 valence electrons. The second-order valence-corrected chi connectivity index (χ2v) is 4.96. The highest BCUT2D eigenvalue weighted by Crippen LogP contribution is 2.09. The number of aryl methyl sites for hydroxylation is 2. The molecule has 0 N–H and O–H groups in total. The molecule has 0 aromatic carbocycles. The molecule has 0 atom stereocenters. The number of hydrogen-bond donors (Lipinski definition) is 0. The van der Waals surface area contributed by atoms with Gasteiger partial charge in [0.1, 0.15) is 0 Å². The smallest absolute Gasteiger partial charge is 0.0479 e. The largest absolute Gasteiger partial charge is 0.324 e. The molecule has 0 aliphatic carbocycles. The zero-order valence-electron chi connectivity index (χ0n) is 11.8. The highest BCUT2D eigenvalue weighted by molar-refractivity contribution is 5.54. The van der Waals surface area contributed by atoms with Crippen LogP contribution < -0.4 is 0 Å². The molecule has 0 saturated carbocycles. The fraction of sp³-hybridized carbons (Fsp3) is 0.111. The summed E-state index contributed by atoms with van der Waals surface area (Å²) in [4.78, 5) is 0. The van der Waals surface area contributed by atoms with Gasteiger partial charge in [0.25, 0.3) is 0 Å². The maximum Gasteiger partial charge on any atom is 0.0479 e. The van der Waals surface area contributed by atoms with Gasteiger partial charge >= 0.3 is 0 Å². The monoisotopic (exact) mass is 262 g/mol. The fourth-order valence-electron chi connectivity index (χ4n) is 2.44. The first-order valence-electron chi connectivity index (χ1n) is 6.81. The topological polar surface area (TPSA) is 8.82 Å². The van der Waals surface area contributed by atoms with Crippen LogP contribution in [0.25, 0.3) is 11.0 Å². The molecule has 0 fully saturated rings. The quantitative estimate of drug-likeness (QED) is 0.441. The number of fused-ring (bicyclic) bond motifs is 2. The van der Waals surface area contributed by atoms with E-state index >= 15 is 0 Å². The summed E-state index contributed by atoms with van der Waals surface area (Å²) in [6.07, 6.45) is 6.19. The van der Waals surface area contributed by atoms with Gasteiger partial charge in [0, 0.05) is 35.3 Å². The van der Waals surface area contributed by atoms with Gasteiger partial charge in [-0.3, -0.25) is 0 Å². The van der Waals surface area contributed by atoms with Crippen LogP contribution >= 0.6 is 0 Å². The zero-order valence-corrected chi connectivity index (χ0v) is 11.8. The van der Waals surface area contributed by atoms with Crippen LogP contribution in [0.4, 0.5) is 0 Å². The molecule has 4 aromatic rings. The van der Waals surface area contributed by atoms with Crippen LogP contribution in [-0.4, -0.2) is 8.80 Å². The Labute approximate surface area is 118 Å². The third kappa shape index (κ3) is 2.32. The Bertz CT molecular complexity index is 765. The maximum atomic E-state index is 2.17. The van der Waals surface area contributed by atoms with Crippen molar-refractivity contribution in [2.75, 3.05) is 0 Å². The molecule has 4 rings (SSSR count). The van der Waals surface area contributed by atoms with Crippen LogP contribution in [0.2, 0.25) is 0 Å². The minimum Gasteiger partial charge on any atom is -0.324 e. The number of rotatable bonds is 0. The van der Waals surface area contributed by atoms with E-state index in [-0.39, 0.29) is 0 Å². The lowest BCUT2D eigenvalue weighted by molar-refractivity contribution is 1.10. The van der Waals surface area contributed by atoms with E-state index in [1.54, 1.807) is 0 Å². The van der Waals surface area contributed by atoms with Crippen molar-refractivity contribution in [2.24, 2.45) is 0 Å². The SMILES string of the molecule is Cc1cccc2cccn12.Cc1cccn2cccc12. The average Bonchev–Trinajstić information content (AvgIpc) is 3.08. The first kappa shape index (κ1) is 12.5.